The van der Waals surface area contributed by atoms with Crippen molar-refractivity contribution in [2.75, 3.05) is 31.7 Å². The fourth-order valence-corrected chi connectivity index (χ4v) is 8.44. The molecule has 1 unspecified atom stereocenters. The number of nitrogen functional groups attached to an aromatic ring is 1. The maximum absolute atomic E-state index is 13.8. The first-order chi connectivity index (χ1) is 21.9. The van der Waals surface area contributed by atoms with Crippen LogP contribution in [0.25, 0.3) is 0 Å². The second-order valence-electron chi connectivity index (χ2n) is 10.5. The number of rotatable bonds is 13. The summed E-state index contributed by atoms with van der Waals surface area (Å²) in [7, 11) is -2.80. The first-order valence-electron chi connectivity index (χ1n) is 13.9. The molecule has 2 heterocycles. The van der Waals surface area contributed by atoms with Gasteiger partial charge in [0.2, 0.25) is 10.0 Å². The van der Waals surface area contributed by atoms with Gasteiger partial charge < -0.3 is 29.9 Å². The smallest absolute Gasteiger partial charge is 0.387 e. The molecule has 1 aromatic heterocycles. The minimum absolute atomic E-state index is 0.00458. The number of carbonyl (C=O) groups is 1. The van der Waals surface area contributed by atoms with E-state index in [1.807, 2.05) is 0 Å². The van der Waals surface area contributed by atoms with E-state index in [1.165, 1.54) is 43.5 Å². The van der Waals surface area contributed by atoms with E-state index in [4.69, 9.17) is 43.1 Å². The Morgan fingerprint density at radius 2 is 1.83 bits per heavy atom. The predicted octanol–water partition coefficient (Wildman–Crippen LogP) is 5.20. The van der Waals surface area contributed by atoms with Crippen molar-refractivity contribution < 1.29 is 45.7 Å². The van der Waals surface area contributed by atoms with Crippen molar-refractivity contribution in [3.8, 4) is 17.2 Å². The zero-order valence-electron chi connectivity index (χ0n) is 24.2. The van der Waals surface area contributed by atoms with Crippen LogP contribution in [0.5, 0.6) is 17.2 Å². The molecule has 11 nitrogen and oxygen atoms in total. The van der Waals surface area contributed by atoms with Gasteiger partial charge in [0, 0.05) is 24.3 Å². The Labute approximate surface area is 278 Å². The van der Waals surface area contributed by atoms with E-state index in [-0.39, 0.29) is 63.2 Å². The van der Waals surface area contributed by atoms with Gasteiger partial charge in [-0.15, -0.1) is 11.8 Å². The molecule has 17 heteroatoms. The Balaban J connectivity index is 1.47. The zero-order valence-corrected chi connectivity index (χ0v) is 27.4. The Morgan fingerprint density at radius 1 is 1.13 bits per heavy atom. The van der Waals surface area contributed by atoms with Crippen LogP contribution in [0.3, 0.4) is 0 Å². The number of hydrogen-bond donors (Lipinski definition) is 1. The van der Waals surface area contributed by atoms with Gasteiger partial charge in [0.15, 0.2) is 29.3 Å². The maximum atomic E-state index is 13.8. The van der Waals surface area contributed by atoms with Gasteiger partial charge in [-0.3, -0.25) is 0 Å². The number of sulfonamides is 1. The summed E-state index contributed by atoms with van der Waals surface area (Å²) in [5, 5.41) is 10.6. The number of carbonyl (C=O) groups excluding carboxylic acids is 1. The SMILES string of the molecule is COc1ccc(S(=O)(=O)N2CCSC2C(=O)O[C@@H](Cc2c(Cl)c[n+]([O-])cc2Cl)c2ccc(OC(F)F)c(OCC3CC3)c2)cc1N. The lowest BCUT2D eigenvalue weighted by Gasteiger charge is -2.26. The fraction of sp³-hybridized carbons (Fsp3) is 0.379. The first-order valence-corrected chi connectivity index (χ1v) is 17.2. The molecule has 1 aliphatic heterocycles. The molecule has 2 aliphatic rings. The second kappa shape index (κ2) is 14.3. The summed E-state index contributed by atoms with van der Waals surface area (Å²) in [6.07, 6.45) is 2.71. The number of alkyl halides is 2. The Kier molecular flexibility index (Phi) is 10.6. The van der Waals surface area contributed by atoms with E-state index in [2.05, 4.69) is 4.74 Å². The molecule has 3 aromatic rings. The zero-order chi connectivity index (χ0) is 33.2. The summed E-state index contributed by atoms with van der Waals surface area (Å²) in [6, 6.07) is 8.07. The highest BCUT2D eigenvalue weighted by molar-refractivity contribution is 8.02. The third-order valence-corrected chi connectivity index (χ3v) is 11.1. The van der Waals surface area contributed by atoms with Crippen molar-refractivity contribution in [1.29, 1.82) is 0 Å². The van der Waals surface area contributed by atoms with Gasteiger partial charge in [-0.05, 0) is 54.7 Å². The monoisotopic (exact) mass is 719 g/mol. The standard InChI is InChI=1S/C29H29Cl2F2N3O8S2/c1-41-23-7-5-18(11-22(23)34)46(39,40)36-8-9-45-27(36)28(37)43-25(12-19-20(30)13-35(38)14-21(19)31)17-4-6-24(44-29(32)33)26(10-17)42-15-16-2-3-16/h4-7,10-11,13-14,16,25,27,29H,2-3,8-9,12,15,34H2,1H3/t25-,27?/m0/s1. The van der Waals surface area contributed by atoms with Crippen molar-refractivity contribution >= 4 is 56.6 Å². The molecule has 2 fully saturated rings. The lowest BCUT2D eigenvalue weighted by molar-refractivity contribution is -0.605. The quantitative estimate of drug-likeness (QED) is 0.108. The average Bonchev–Trinajstić information content (AvgIpc) is 3.69. The van der Waals surface area contributed by atoms with Crippen LogP contribution in [0.15, 0.2) is 53.7 Å². The normalized spacial score (nSPS) is 17.6. The largest absolute Gasteiger partial charge is 0.619 e. The topological polar surface area (TPSA) is 144 Å². The maximum Gasteiger partial charge on any atom is 0.387 e. The fourth-order valence-electron chi connectivity index (χ4n) is 4.76. The molecular formula is C29H29Cl2F2N3O8S2. The van der Waals surface area contributed by atoms with E-state index in [9.17, 15) is 27.2 Å². The van der Waals surface area contributed by atoms with E-state index < -0.39 is 34.1 Å². The number of thioether (sulfide) groups is 1. The lowest BCUT2D eigenvalue weighted by Crippen LogP contribution is -2.40. The summed E-state index contributed by atoms with van der Waals surface area (Å²) >= 11 is 13.7. The molecular weight excluding hydrogens is 691 g/mol. The number of halogens is 4. The van der Waals surface area contributed by atoms with E-state index >= 15 is 0 Å². The number of pyridine rings is 1. The van der Waals surface area contributed by atoms with E-state index in [1.54, 1.807) is 0 Å². The Bertz CT molecular complexity index is 1690. The van der Waals surface area contributed by atoms with Crippen molar-refractivity contribution in [3.05, 3.63) is 75.2 Å². The number of hydrogen-bond acceptors (Lipinski definition) is 10. The molecule has 0 radical (unpaired) electrons. The highest BCUT2D eigenvalue weighted by Gasteiger charge is 2.42. The number of aromatic nitrogens is 1. The van der Waals surface area contributed by atoms with Gasteiger partial charge in [-0.25, -0.2) is 13.2 Å². The third kappa shape index (κ3) is 7.82. The molecule has 5 rings (SSSR count). The lowest BCUT2D eigenvalue weighted by atomic mass is 10.0. The summed E-state index contributed by atoms with van der Waals surface area (Å²) in [5.41, 5.74) is 6.60. The average molecular weight is 721 g/mol. The summed E-state index contributed by atoms with van der Waals surface area (Å²) < 4.78 is 76.5. The van der Waals surface area contributed by atoms with Crippen LogP contribution in [-0.4, -0.2) is 56.7 Å². The molecule has 0 spiro atoms. The van der Waals surface area contributed by atoms with Gasteiger partial charge in [0.1, 0.15) is 21.9 Å². The van der Waals surface area contributed by atoms with Gasteiger partial charge in [-0.1, -0.05) is 29.3 Å². The Hall–Kier alpha value is -3.24. The molecule has 1 saturated carbocycles. The summed E-state index contributed by atoms with van der Waals surface area (Å²) in [4.78, 5) is 13.6. The highest BCUT2D eigenvalue weighted by Crippen LogP contribution is 2.39. The number of anilines is 1. The molecule has 2 aromatic carbocycles. The van der Waals surface area contributed by atoms with Gasteiger partial charge >= 0.3 is 12.6 Å². The van der Waals surface area contributed by atoms with Crippen LogP contribution in [0, 0.1) is 11.1 Å². The minimum Gasteiger partial charge on any atom is -0.619 e. The first kappa shape index (κ1) is 34.1. The van der Waals surface area contributed by atoms with Crippen LogP contribution in [-0.2, 0) is 26.0 Å². The highest BCUT2D eigenvalue weighted by atomic mass is 35.5. The Morgan fingerprint density at radius 3 is 2.46 bits per heavy atom. The summed E-state index contributed by atoms with van der Waals surface area (Å²) in [5.74, 6) is -0.230. The number of nitrogens with two attached hydrogens (primary N) is 1. The molecule has 46 heavy (non-hydrogen) atoms. The number of esters is 1. The number of nitrogens with zero attached hydrogens (tertiary/aromatic N) is 2. The molecule has 0 amide bonds. The second-order valence-corrected chi connectivity index (χ2v) is 14.4. The van der Waals surface area contributed by atoms with Crippen molar-refractivity contribution in [3.63, 3.8) is 0 Å². The number of benzene rings is 2. The molecule has 1 aliphatic carbocycles. The molecule has 248 valence electrons. The number of ether oxygens (including phenoxy) is 4. The van der Waals surface area contributed by atoms with Crippen LogP contribution in [0.2, 0.25) is 10.0 Å². The van der Waals surface area contributed by atoms with Crippen molar-refractivity contribution in [2.45, 2.75) is 42.2 Å². The third-order valence-electron chi connectivity index (χ3n) is 7.29. The van der Waals surface area contributed by atoms with Gasteiger partial charge in [0.05, 0.1) is 24.3 Å². The molecule has 0 bridgehead atoms. The molecule has 2 N–H and O–H groups in total. The van der Waals surface area contributed by atoms with Gasteiger partial charge in [0.25, 0.3) is 0 Å². The van der Waals surface area contributed by atoms with Crippen molar-refractivity contribution in [2.24, 2.45) is 5.92 Å². The van der Waals surface area contributed by atoms with Crippen molar-refractivity contribution in [1.82, 2.24) is 4.31 Å². The van der Waals surface area contributed by atoms with Crippen LogP contribution in [0.1, 0.15) is 30.1 Å². The van der Waals surface area contributed by atoms with Crippen LogP contribution >= 0.6 is 35.0 Å². The van der Waals surface area contributed by atoms with Crippen LogP contribution in [0.4, 0.5) is 14.5 Å². The van der Waals surface area contributed by atoms with E-state index in [0.717, 1.165) is 41.3 Å². The summed E-state index contributed by atoms with van der Waals surface area (Å²) in [6.45, 7) is -2.83. The molecule has 2 atom stereocenters. The van der Waals surface area contributed by atoms with E-state index in [0.29, 0.717) is 21.8 Å². The minimum atomic E-state index is -4.20. The van der Waals surface area contributed by atoms with Crippen LogP contribution < -0.4 is 24.7 Å². The predicted molar refractivity (Wildman–Crippen MR) is 167 cm³/mol. The number of methoxy groups -OCH3 is 1. The van der Waals surface area contributed by atoms with Gasteiger partial charge in [-0.2, -0.15) is 17.8 Å². The molecule has 1 saturated heterocycles.